The number of benzene rings is 2. The van der Waals surface area contributed by atoms with Gasteiger partial charge < -0.3 is 10.6 Å². The predicted octanol–water partition coefficient (Wildman–Crippen LogP) is 4.03. The number of halogens is 3. The monoisotopic (exact) mass is 442 g/mol. The largest absolute Gasteiger partial charge is 0.343 e. The molecule has 0 aromatic heterocycles. The molecule has 120 valence electrons. The molecule has 23 heavy (non-hydrogen) atoms. The summed E-state index contributed by atoms with van der Waals surface area (Å²) in [4.78, 5) is 23.9. The Morgan fingerprint density at radius 3 is 2.48 bits per heavy atom. The van der Waals surface area contributed by atoms with Gasteiger partial charge in [-0.15, -0.1) is 0 Å². The van der Waals surface area contributed by atoms with Gasteiger partial charge in [0.15, 0.2) is 0 Å². The van der Waals surface area contributed by atoms with Crippen molar-refractivity contribution in [3.8, 4) is 0 Å². The van der Waals surface area contributed by atoms with Crippen molar-refractivity contribution in [3.05, 3.63) is 62.3 Å². The van der Waals surface area contributed by atoms with Crippen molar-refractivity contribution < 1.29 is 14.0 Å². The van der Waals surface area contributed by atoms with E-state index in [-0.39, 0.29) is 18.0 Å². The third-order valence-corrected chi connectivity index (χ3v) is 4.57. The molecule has 0 spiro atoms. The van der Waals surface area contributed by atoms with E-state index < -0.39 is 11.7 Å². The van der Waals surface area contributed by atoms with Crippen LogP contribution in [0.25, 0.3) is 0 Å². The van der Waals surface area contributed by atoms with E-state index in [1.54, 1.807) is 6.07 Å². The van der Waals surface area contributed by atoms with E-state index in [0.29, 0.717) is 10.2 Å². The van der Waals surface area contributed by atoms with E-state index in [1.807, 2.05) is 19.1 Å². The molecule has 2 amide bonds. The Bertz CT molecular complexity index is 766. The second-order valence-corrected chi connectivity index (χ2v) is 6.53. The summed E-state index contributed by atoms with van der Waals surface area (Å²) in [6.45, 7) is 1.73. The van der Waals surface area contributed by atoms with Crippen molar-refractivity contribution in [3.63, 3.8) is 0 Å². The lowest BCUT2D eigenvalue weighted by Gasteiger charge is -2.09. The summed E-state index contributed by atoms with van der Waals surface area (Å²) in [5.74, 6) is -1.26. The predicted molar refractivity (Wildman–Crippen MR) is 93.9 cm³/mol. The van der Waals surface area contributed by atoms with E-state index in [1.165, 1.54) is 18.2 Å². The summed E-state index contributed by atoms with van der Waals surface area (Å²) in [6.07, 6.45) is 0. The average Bonchev–Trinajstić information content (AvgIpc) is 2.48. The normalized spacial score (nSPS) is 10.3. The molecule has 0 aliphatic rings. The van der Waals surface area contributed by atoms with Gasteiger partial charge in [-0.2, -0.15) is 0 Å². The first-order chi connectivity index (χ1) is 10.9. The number of carbonyl (C=O) groups excluding carboxylic acids is 2. The summed E-state index contributed by atoms with van der Waals surface area (Å²) >= 11 is 6.50. The van der Waals surface area contributed by atoms with Gasteiger partial charge in [-0.3, -0.25) is 9.59 Å². The van der Waals surface area contributed by atoms with Gasteiger partial charge in [0.2, 0.25) is 5.91 Å². The molecule has 0 bridgehead atoms. The fourth-order valence-corrected chi connectivity index (χ4v) is 2.63. The van der Waals surface area contributed by atoms with E-state index in [0.717, 1.165) is 10.0 Å². The van der Waals surface area contributed by atoms with Crippen molar-refractivity contribution in [2.75, 3.05) is 11.9 Å². The second-order valence-electron chi connectivity index (χ2n) is 4.82. The van der Waals surface area contributed by atoms with Crippen LogP contribution in [0.15, 0.2) is 45.3 Å². The van der Waals surface area contributed by atoms with Crippen LogP contribution in [0.2, 0.25) is 0 Å². The molecule has 0 heterocycles. The third-order valence-electron chi connectivity index (χ3n) is 3.03. The molecule has 2 rings (SSSR count). The maximum atomic E-state index is 13.0. The molecule has 4 nitrogen and oxygen atoms in total. The summed E-state index contributed by atoms with van der Waals surface area (Å²) in [7, 11) is 0. The molecule has 0 atom stereocenters. The highest BCUT2D eigenvalue weighted by atomic mass is 79.9. The highest BCUT2D eigenvalue weighted by molar-refractivity contribution is 9.10. The molecule has 2 N–H and O–H groups in total. The molecule has 0 saturated carbocycles. The van der Waals surface area contributed by atoms with Crippen LogP contribution >= 0.6 is 31.9 Å². The van der Waals surface area contributed by atoms with Crippen molar-refractivity contribution >= 4 is 49.4 Å². The Hall–Kier alpha value is -1.73. The Morgan fingerprint density at radius 1 is 1.09 bits per heavy atom. The molecule has 2 aromatic carbocycles. The van der Waals surface area contributed by atoms with Crippen LogP contribution in [0, 0.1) is 12.7 Å². The Balaban J connectivity index is 1.93. The van der Waals surface area contributed by atoms with Gasteiger partial charge in [-0.1, -0.05) is 15.9 Å². The topological polar surface area (TPSA) is 58.2 Å². The van der Waals surface area contributed by atoms with Gasteiger partial charge in [-0.05, 0) is 64.8 Å². The lowest BCUT2D eigenvalue weighted by Crippen LogP contribution is -2.33. The second kappa shape index (κ2) is 7.70. The van der Waals surface area contributed by atoms with Crippen LogP contribution in [0.4, 0.5) is 10.1 Å². The Labute approximate surface area is 149 Å². The number of hydrogen-bond donors (Lipinski definition) is 2. The maximum absolute atomic E-state index is 13.0. The summed E-state index contributed by atoms with van der Waals surface area (Å²) < 4.78 is 14.3. The molecule has 0 fully saturated rings. The van der Waals surface area contributed by atoms with Crippen LogP contribution in [-0.2, 0) is 4.79 Å². The van der Waals surface area contributed by atoms with Crippen LogP contribution < -0.4 is 10.6 Å². The minimum absolute atomic E-state index is 0.183. The third kappa shape index (κ3) is 4.87. The van der Waals surface area contributed by atoms with Gasteiger partial charge in [0.1, 0.15) is 5.82 Å². The molecule has 0 aliphatic heterocycles. The molecular formula is C16H13Br2FN2O2. The zero-order valence-corrected chi connectivity index (χ0v) is 15.3. The van der Waals surface area contributed by atoms with Crippen molar-refractivity contribution in [1.29, 1.82) is 0 Å². The summed E-state index contributed by atoms with van der Waals surface area (Å²) in [5.41, 5.74) is 1.90. The van der Waals surface area contributed by atoms with Crippen molar-refractivity contribution in [2.45, 2.75) is 6.92 Å². The fourth-order valence-electron chi connectivity index (χ4n) is 1.86. The van der Waals surface area contributed by atoms with Gasteiger partial charge in [0.25, 0.3) is 5.91 Å². The van der Waals surface area contributed by atoms with Crippen LogP contribution in [0.5, 0.6) is 0 Å². The van der Waals surface area contributed by atoms with E-state index >= 15 is 0 Å². The Kier molecular flexibility index (Phi) is 5.90. The van der Waals surface area contributed by atoms with E-state index in [4.69, 9.17) is 0 Å². The molecule has 0 saturated heterocycles. The van der Waals surface area contributed by atoms with Gasteiger partial charge in [-0.25, -0.2) is 4.39 Å². The van der Waals surface area contributed by atoms with E-state index in [9.17, 15) is 14.0 Å². The number of amides is 2. The smallest absolute Gasteiger partial charge is 0.252 e. The number of carbonyl (C=O) groups is 2. The van der Waals surface area contributed by atoms with Crippen LogP contribution in [0.1, 0.15) is 15.9 Å². The van der Waals surface area contributed by atoms with Crippen LogP contribution in [-0.4, -0.2) is 18.4 Å². The van der Waals surface area contributed by atoms with Gasteiger partial charge in [0, 0.05) is 14.6 Å². The summed E-state index contributed by atoms with van der Waals surface area (Å²) in [5, 5.41) is 5.19. The first-order valence-corrected chi connectivity index (χ1v) is 8.24. The molecule has 0 aliphatic carbocycles. The zero-order valence-electron chi connectivity index (χ0n) is 12.1. The maximum Gasteiger partial charge on any atom is 0.252 e. The SMILES string of the molecule is Cc1cc(NC(=O)CNC(=O)c2ccc(F)cc2Br)ccc1Br. The van der Waals surface area contributed by atoms with Gasteiger partial charge >= 0.3 is 0 Å². The van der Waals surface area contributed by atoms with Crippen molar-refractivity contribution in [1.82, 2.24) is 5.32 Å². The lowest BCUT2D eigenvalue weighted by molar-refractivity contribution is -0.115. The molecular weight excluding hydrogens is 431 g/mol. The standard InChI is InChI=1S/C16H13Br2FN2O2/c1-9-6-11(3-5-13(9)17)21-15(22)8-20-16(23)12-4-2-10(19)7-14(12)18/h2-7H,8H2,1H3,(H,20,23)(H,21,22). The number of aryl methyl sites for hydroxylation is 1. The lowest BCUT2D eigenvalue weighted by atomic mass is 10.2. The number of hydrogen-bond acceptors (Lipinski definition) is 2. The molecule has 0 unspecified atom stereocenters. The minimum Gasteiger partial charge on any atom is -0.343 e. The highest BCUT2D eigenvalue weighted by Crippen LogP contribution is 2.20. The van der Waals surface area contributed by atoms with E-state index in [2.05, 4.69) is 42.5 Å². The number of nitrogens with one attached hydrogen (secondary N) is 2. The molecule has 7 heteroatoms. The van der Waals surface area contributed by atoms with Crippen LogP contribution in [0.3, 0.4) is 0 Å². The van der Waals surface area contributed by atoms with Gasteiger partial charge in [0.05, 0.1) is 12.1 Å². The van der Waals surface area contributed by atoms with Crippen molar-refractivity contribution in [2.24, 2.45) is 0 Å². The molecule has 0 radical (unpaired) electrons. The minimum atomic E-state index is -0.459. The summed E-state index contributed by atoms with van der Waals surface area (Å²) in [6, 6.07) is 9.14. The first kappa shape index (κ1) is 17.6. The number of rotatable bonds is 4. The Morgan fingerprint density at radius 2 is 1.83 bits per heavy atom. The highest BCUT2D eigenvalue weighted by Gasteiger charge is 2.12. The first-order valence-electron chi connectivity index (χ1n) is 6.66. The quantitative estimate of drug-likeness (QED) is 0.749. The fraction of sp³-hybridized carbons (Fsp3) is 0.125. The molecule has 2 aromatic rings. The average molecular weight is 444 g/mol. The number of anilines is 1. The zero-order chi connectivity index (χ0) is 17.0.